The molecule has 1 aliphatic carbocycles. The number of carbonyl (C=O) groups is 4. The van der Waals surface area contributed by atoms with Gasteiger partial charge < -0.3 is 10.5 Å². The van der Waals surface area contributed by atoms with Gasteiger partial charge in [-0.2, -0.15) is 0 Å². The lowest BCUT2D eigenvalue weighted by molar-refractivity contribution is -0.152. The van der Waals surface area contributed by atoms with Gasteiger partial charge in [-0.05, 0) is 12.8 Å². The van der Waals surface area contributed by atoms with Gasteiger partial charge in [0.05, 0.1) is 11.8 Å². The number of imide groups is 1. The van der Waals surface area contributed by atoms with Gasteiger partial charge in [-0.1, -0.05) is 12.8 Å². The van der Waals surface area contributed by atoms with E-state index in [0.717, 1.165) is 22.3 Å². The molecule has 1 saturated carbocycles. The van der Waals surface area contributed by atoms with E-state index in [1.165, 1.54) is 14.1 Å². The molecule has 2 fully saturated rings. The molecule has 156 valence electrons. The Balaban J connectivity index is 1.67. The van der Waals surface area contributed by atoms with E-state index >= 15 is 0 Å². The maximum Gasteiger partial charge on any atom is 0.332 e. The Kier molecular flexibility index (Phi) is 5.40. The molecular formula is C18H22N4O7. The van der Waals surface area contributed by atoms with Gasteiger partial charge in [0.2, 0.25) is 17.6 Å². The first-order valence-electron chi connectivity index (χ1n) is 9.24. The summed E-state index contributed by atoms with van der Waals surface area (Å²) in [6, 6.07) is 0. The summed E-state index contributed by atoms with van der Waals surface area (Å²) < 4.78 is 6.51. The molecule has 0 bridgehead atoms. The highest BCUT2D eigenvalue weighted by atomic mass is 16.5. The number of likely N-dealkylation sites (tertiary alicyclic amines) is 1. The fraction of sp³-hybridized carbons (Fsp3) is 0.556. The first-order valence-corrected chi connectivity index (χ1v) is 9.24. The van der Waals surface area contributed by atoms with Crippen molar-refractivity contribution in [2.24, 2.45) is 25.9 Å². The Hall–Kier alpha value is -3.24. The molecular weight excluding hydrogens is 384 g/mol. The Morgan fingerprint density at radius 2 is 1.55 bits per heavy atom. The number of ether oxygens (including phenoxy) is 1. The number of fused-ring (bicyclic) bond motifs is 1. The Bertz CT molecular complexity index is 998. The number of anilines is 1. The number of esters is 1. The van der Waals surface area contributed by atoms with Crippen molar-refractivity contribution < 1.29 is 23.9 Å². The van der Waals surface area contributed by atoms with Gasteiger partial charge in [-0.3, -0.25) is 38.0 Å². The molecule has 0 unspecified atom stereocenters. The van der Waals surface area contributed by atoms with Crippen molar-refractivity contribution in [1.82, 2.24) is 14.0 Å². The zero-order chi connectivity index (χ0) is 21.5. The maximum absolute atomic E-state index is 12.4. The fourth-order valence-electron chi connectivity index (χ4n) is 3.90. The van der Waals surface area contributed by atoms with Gasteiger partial charge in [0, 0.05) is 14.1 Å². The van der Waals surface area contributed by atoms with Crippen LogP contribution in [0.25, 0.3) is 0 Å². The van der Waals surface area contributed by atoms with Crippen molar-refractivity contribution in [3.8, 4) is 0 Å². The van der Waals surface area contributed by atoms with Gasteiger partial charge in [0.1, 0.15) is 17.9 Å². The normalized spacial score (nSPS) is 21.2. The lowest BCUT2D eigenvalue weighted by Crippen LogP contribution is -2.42. The number of carbonyl (C=O) groups excluding carboxylic acids is 4. The van der Waals surface area contributed by atoms with E-state index in [9.17, 15) is 28.8 Å². The minimum absolute atomic E-state index is 0.340. The van der Waals surface area contributed by atoms with Crippen LogP contribution >= 0.6 is 0 Å². The number of nitrogen functional groups attached to an aromatic ring is 1. The number of Topliss-reactive ketones (excluding diaryl/α,β-unsaturated/α-hetero) is 1. The number of rotatable bonds is 5. The summed E-state index contributed by atoms with van der Waals surface area (Å²) in [6.07, 6.45) is 2.97. The highest BCUT2D eigenvalue weighted by molar-refractivity contribution is 6.07. The molecule has 11 heteroatoms. The van der Waals surface area contributed by atoms with Crippen molar-refractivity contribution in [1.29, 1.82) is 0 Å². The maximum atomic E-state index is 12.4. The van der Waals surface area contributed by atoms with Crippen molar-refractivity contribution in [3.05, 3.63) is 26.4 Å². The van der Waals surface area contributed by atoms with Crippen LogP contribution in [0.5, 0.6) is 0 Å². The third-order valence-corrected chi connectivity index (χ3v) is 5.57. The summed E-state index contributed by atoms with van der Waals surface area (Å²) in [5.74, 6) is -3.73. The Labute approximate surface area is 165 Å². The largest absolute Gasteiger partial charge is 0.456 e. The molecule has 11 nitrogen and oxygen atoms in total. The standard InChI is InChI=1S/C18H22N4O7/c1-20-14(19)13(17(27)21(2)18(20)28)11(23)8-29-12(24)7-22-15(25)9-5-3-4-6-10(9)16(22)26/h9-10H,3-8,19H2,1-2H3/t9-,10+. The number of aromatic nitrogens is 2. The molecule has 2 amide bonds. The van der Waals surface area contributed by atoms with Gasteiger partial charge in [-0.25, -0.2) is 4.79 Å². The Morgan fingerprint density at radius 3 is 2.10 bits per heavy atom. The quantitative estimate of drug-likeness (QED) is 0.355. The van der Waals surface area contributed by atoms with Crippen LogP contribution in [0.1, 0.15) is 36.0 Å². The van der Waals surface area contributed by atoms with Crippen LogP contribution < -0.4 is 17.0 Å². The minimum atomic E-state index is -0.945. The number of hydrogen-bond donors (Lipinski definition) is 1. The average Bonchev–Trinajstić information content (AvgIpc) is 2.94. The van der Waals surface area contributed by atoms with Crippen molar-refractivity contribution in [2.75, 3.05) is 18.9 Å². The summed E-state index contributed by atoms with van der Waals surface area (Å²) in [5, 5.41) is 0. The molecule has 29 heavy (non-hydrogen) atoms. The van der Waals surface area contributed by atoms with E-state index in [-0.39, 0.29) is 29.5 Å². The van der Waals surface area contributed by atoms with E-state index in [4.69, 9.17) is 10.5 Å². The molecule has 1 aromatic rings. The second kappa shape index (κ2) is 7.64. The van der Waals surface area contributed by atoms with E-state index in [1.54, 1.807) is 0 Å². The lowest BCUT2D eigenvalue weighted by atomic mass is 9.81. The zero-order valence-electron chi connectivity index (χ0n) is 16.2. The molecule has 1 aromatic heterocycles. The molecule has 0 spiro atoms. The molecule has 2 aliphatic rings. The van der Waals surface area contributed by atoms with Gasteiger partial charge in [0.25, 0.3) is 5.56 Å². The van der Waals surface area contributed by atoms with Gasteiger partial charge in [0.15, 0.2) is 6.61 Å². The van der Waals surface area contributed by atoms with E-state index < -0.39 is 41.7 Å². The topological polar surface area (TPSA) is 151 Å². The lowest BCUT2D eigenvalue weighted by Gasteiger charge is -2.19. The highest BCUT2D eigenvalue weighted by Crippen LogP contribution is 2.37. The molecule has 2 heterocycles. The fourth-order valence-corrected chi connectivity index (χ4v) is 3.90. The number of hydrogen-bond acceptors (Lipinski definition) is 8. The van der Waals surface area contributed by atoms with E-state index in [2.05, 4.69) is 0 Å². The Morgan fingerprint density at radius 1 is 1.00 bits per heavy atom. The van der Waals surface area contributed by atoms with Crippen LogP contribution in [0.3, 0.4) is 0 Å². The van der Waals surface area contributed by atoms with Crippen LogP contribution in [0.15, 0.2) is 9.59 Å². The highest BCUT2D eigenvalue weighted by Gasteiger charge is 2.48. The smallest absolute Gasteiger partial charge is 0.332 e. The van der Waals surface area contributed by atoms with E-state index in [0.29, 0.717) is 17.4 Å². The predicted octanol–water partition coefficient (Wildman–Crippen LogP) is -1.43. The number of ketones is 1. The van der Waals surface area contributed by atoms with Crippen molar-refractivity contribution >= 4 is 29.4 Å². The first kappa shape index (κ1) is 20.5. The summed E-state index contributed by atoms with van der Waals surface area (Å²) in [5.41, 5.74) is 3.61. The summed E-state index contributed by atoms with van der Waals surface area (Å²) in [7, 11) is 2.49. The minimum Gasteiger partial charge on any atom is -0.456 e. The average molecular weight is 406 g/mol. The summed E-state index contributed by atoms with van der Waals surface area (Å²) >= 11 is 0. The third-order valence-electron chi connectivity index (χ3n) is 5.57. The summed E-state index contributed by atoms with van der Waals surface area (Å²) in [6.45, 7) is -1.39. The monoisotopic (exact) mass is 406 g/mol. The van der Waals surface area contributed by atoms with Crippen LogP contribution in [0.2, 0.25) is 0 Å². The SMILES string of the molecule is Cn1c(N)c(C(=O)COC(=O)CN2C(=O)[C@H]3CCCC[C@H]3C2=O)c(=O)n(C)c1=O. The second-order valence-electron chi connectivity index (χ2n) is 7.31. The van der Waals surface area contributed by atoms with Gasteiger partial charge >= 0.3 is 11.7 Å². The van der Waals surface area contributed by atoms with Crippen LogP contribution in [-0.2, 0) is 33.2 Å². The number of nitrogens with two attached hydrogens (primary N) is 1. The zero-order valence-corrected chi connectivity index (χ0v) is 16.2. The van der Waals surface area contributed by atoms with Crippen LogP contribution in [-0.4, -0.2) is 50.8 Å². The van der Waals surface area contributed by atoms with Crippen LogP contribution in [0.4, 0.5) is 5.82 Å². The molecule has 1 saturated heterocycles. The third kappa shape index (κ3) is 3.47. The van der Waals surface area contributed by atoms with Gasteiger partial charge in [-0.15, -0.1) is 0 Å². The number of amides is 2. The molecule has 1 aliphatic heterocycles. The first-order chi connectivity index (χ1) is 13.6. The predicted molar refractivity (Wildman–Crippen MR) is 98.8 cm³/mol. The van der Waals surface area contributed by atoms with Crippen LogP contribution in [0, 0.1) is 11.8 Å². The second-order valence-corrected chi connectivity index (χ2v) is 7.31. The van der Waals surface area contributed by atoms with Crippen molar-refractivity contribution in [2.45, 2.75) is 25.7 Å². The molecule has 3 rings (SSSR count). The summed E-state index contributed by atoms with van der Waals surface area (Å²) in [4.78, 5) is 74.0. The van der Waals surface area contributed by atoms with Crippen molar-refractivity contribution in [3.63, 3.8) is 0 Å². The molecule has 0 aromatic carbocycles. The molecule has 2 atom stereocenters. The molecule has 0 radical (unpaired) electrons. The number of nitrogens with zero attached hydrogens (tertiary/aromatic N) is 3. The molecule has 2 N–H and O–H groups in total. The van der Waals surface area contributed by atoms with E-state index in [1.807, 2.05) is 0 Å².